The summed E-state index contributed by atoms with van der Waals surface area (Å²) in [6.07, 6.45) is 0. The Morgan fingerprint density at radius 2 is 1.83 bits per heavy atom. The Morgan fingerprint density at radius 3 is 2.39 bits per heavy atom. The summed E-state index contributed by atoms with van der Waals surface area (Å²) in [7, 11) is 1.68. The molecule has 1 aliphatic rings. The van der Waals surface area contributed by atoms with E-state index in [0.29, 0.717) is 6.54 Å². The highest BCUT2D eigenvalue weighted by Gasteiger charge is 2.17. The van der Waals surface area contributed by atoms with Crippen molar-refractivity contribution >= 4 is 11.7 Å². The molecular weight excluding hydrogens is 292 g/mol. The predicted molar refractivity (Wildman–Crippen MR) is 93.3 cm³/mol. The number of piperazine rings is 1. The van der Waals surface area contributed by atoms with Crippen molar-refractivity contribution in [3.8, 4) is 5.75 Å². The molecule has 0 unspecified atom stereocenters. The van der Waals surface area contributed by atoms with Gasteiger partial charge in [0.2, 0.25) is 0 Å². The molecule has 0 radical (unpaired) electrons. The molecule has 0 atom stereocenters. The number of carbonyl (C=O) groups is 1. The number of nitrogens with one attached hydrogen (secondary N) is 2. The molecule has 1 heterocycles. The molecule has 1 aliphatic heterocycles. The van der Waals surface area contributed by atoms with E-state index in [4.69, 9.17) is 4.74 Å². The summed E-state index contributed by atoms with van der Waals surface area (Å²) < 4.78 is 5.19. The van der Waals surface area contributed by atoms with E-state index < -0.39 is 0 Å². The van der Waals surface area contributed by atoms with Crippen LogP contribution in [0.1, 0.15) is 13.8 Å². The molecule has 1 aromatic carbocycles. The molecule has 2 rings (SSSR count). The topological polar surface area (TPSA) is 56.8 Å². The zero-order valence-electron chi connectivity index (χ0n) is 14.3. The van der Waals surface area contributed by atoms with Crippen LogP contribution in [0.25, 0.3) is 0 Å². The molecular formula is C17H28N4O2. The van der Waals surface area contributed by atoms with Crippen molar-refractivity contribution in [2.45, 2.75) is 19.9 Å². The summed E-state index contributed by atoms with van der Waals surface area (Å²) in [5, 5.41) is 5.73. The lowest BCUT2D eigenvalue weighted by atomic mass is 10.2. The first-order valence-electron chi connectivity index (χ1n) is 8.24. The van der Waals surface area contributed by atoms with Gasteiger partial charge in [-0.3, -0.25) is 4.90 Å². The van der Waals surface area contributed by atoms with Crippen molar-refractivity contribution in [2.75, 3.05) is 51.3 Å². The predicted octanol–water partition coefficient (Wildman–Crippen LogP) is 1.52. The summed E-state index contributed by atoms with van der Waals surface area (Å²) in [6.45, 7) is 9.52. The highest BCUT2D eigenvalue weighted by atomic mass is 16.5. The number of anilines is 1. The number of hydrogen-bond donors (Lipinski definition) is 2. The van der Waals surface area contributed by atoms with E-state index in [9.17, 15) is 4.79 Å². The van der Waals surface area contributed by atoms with Gasteiger partial charge in [0.25, 0.3) is 0 Å². The molecule has 0 aliphatic carbocycles. The molecule has 1 saturated heterocycles. The minimum absolute atomic E-state index is 0.0862. The van der Waals surface area contributed by atoms with Crippen LogP contribution in [0.5, 0.6) is 5.75 Å². The number of carbonyl (C=O) groups excluding carboxylic acids is 1. The maximum atomic E-state index is 11.5. The van der Waals surface area contributed by atoms with Crippen molar-refractivity contribution in [1.82, 2.24) is 15.5 Å². The van der Waals surface area contributed by atoms with Gasteiger partial charge in [0.1, 0.15) is 5.75 Å². The van der Waals surface area contributed by atoms with Gasteiger partial charge in [0, 0.05) is 51.0 Å². The maximum absolute atomic E-state index is 11.5. The summed E-state index contributed by atoms with van der Waals surface area (Å²) in [5.74, 6) is 0.887. The highest BCUT2D eigenvalue weighted by Crippen LogP contribution is 2.20. The molecule has 0 aromatic heterocycles. The fourth-order valence-electron chi connectivity index (χ4n) is 2.66. The largest absolute Gasteiger partial charge is 0.497 e. The van der Waals surface area contributed by atoms with E-state index >= 15 is 0 Å². The van der Waals surface area contributed by atoms with Crippen LogP contribution >= 0.6 is 0 Å². The lowest BCUT2D eigenvalue weighted by Crippen LogP contribution is -2.49. The van der Waals surface area contributed by atoms with E-state index in [2.05, 4.69) is 32.6 Å². The molecule has 128 valence electrons. The second-order valence-corrected chi connectivity index (χ2v) is 6.08. The quantitative estimate of drug-likeness (QED) is 0.834. The Balaban J connectivity index is 1.68. The van der Waals surface area contributed by atoms with Crippen LogP contribution in [-0.2, 0) is 0 Å². The molecule has 2 N–H and O–H groups in total. The van der Waals surface area contributed by atoms with Gasteiger partial charge in [0.05, 0.1) is 7.11 Å². The Labute approximate surface area is 138 Å². The first-order chi connectivity index (χ1) is 11.1. The number of benzene rings is 1. The van der Waals surface area contributed by atoms with E-state index in [1.54, 1.807) is 7.11 Å². The van der Waals surface area contributed by atoms with Crippen LogP contribution in [0.2, 0.25) is 0 Å². The van der Waals surface area contributed by atoms with Gasteiger partial charge in [-0.25, -0.2) is 4.79 Å². The van der Waals surface area contributed by atoms with Crippen LogP contribution in [0.3, 0.4) is 0 Å². The molecule has 6 nitrogen and oxygen atoms in total. The van der Waals surface area contributed by atoms with Crippen molar-refractivity contribution in [3.05, 3.63) is 24.3 Å². The Bertz CT molecular complexity index is 482. The van der Waals surface area contributed by atoms with E-state index in [-0.39, 0.29) is 12.1 Å². The second-order valence-electron chi connectivity index (χ2n) is 6.08. The molecule has 1 aromatic rings. The third kappa shape index (κ3) is 5.63. The molecule has 2 amide bonds. The lowest BCUT2D eigenvalue weighted by Gasteiger charge is -2.36. The molecule has 0 saturated carbocycles. The Hall–Kier alpha value is -1.95. The van der Waals surface area contributed by atoms with Gasteiger partial charge >= 0.3 is 6.03 Å². The van der Waals surface area contributed by atoms with Gasteiger partial charge in [-0.2, -0.15) is 0 Å². The van der Waals surface area contributed by atoms with Gasteiger partial charge < -0.3 is 20.3 Å². The van der Waals surface area contributed by atoms with Crippen molar-refractivity contribution in [1.29, 1.82) is 0 Å². The van der Waals surface area contributed by atoms with Crippen LogP contribution < -0.4 is 20.3 Å². The number of nitrogens with zero attached hydrogens (tertiary/aromatic N) is 2. The van der Waals surface area contributed by atoms with Crippen LogP contribution in [0.4, 0.5) is 10.5 Å². The lowest BCUT2D eigenvalue weighted by molar-refractivity contribution is 0.230. The van der Waals surface area contributed by atoms with Crippen molar-refractivity contribution in [2.24, 2.45) is 0 Å². The minimum Gasteiger partial charge on any atom is -0.497 e. The molecule has 0 bridgehead atoms. The fraction of sp³-hybridized carbons (Fsp3) is 0.588. The van der Waals surface area contributed by atoms with Crippen LogP contribution in [0, 0.1) is 0 Å². The monoisotopic (exact) mass is 320 g/mol. The normalized spacial score (nSPS) is 15.6. The first kappa shape index (κ1) is 17.4. The SMILES string of the molecule is COc1ccc(N2CCN(CCNC(=O)NC(C)C)CC2)cc1. The number of urea groups is 1. The number of hydrogen-bond acceptors (Lipinski definition) is 4. The number of methoxy groups -OCH3 is 1. The summed E-state index contributed by atoms with van der Waals surface area (Å²) >= 11 is 0. The summed E-state index contributed by atoms with van der Waals surface area (Å²) in [4.78, 5) is 16.3. The molecule has 23 heavy (non-hydrogen) atoms. The van der Waals surface area contributed by atoms with E-state index in [0.717, 1.165) is 38.5 Å². The number of rotatable bonds is 6. The third-order valence-corrected chi connectivity index (χ3v) is 3.94. The number of amides is 2. The van der Waals surface area contributed by atoms with Crippen molar-refractivity contribution in [3.63, 3.8) is 0 Å². The van der Waals surface area contributed by atoms with Gasteiger partial charge in [-0.1, -0.05) is 0 Å². The number of ether oxygens (including phenoxy) is 1. The first-order valence-corrected chi connectivity index (χ1v) is 8.24. The van der Waals surface area contributed by atoms with E-state index in [1.807, 2.05) is 26.0 Å². The highest BCUT2D eigenvalue weighted by molar-refractivity contribution is 5.74. The zero-order chi connectivity index (χ0) is 16.7. The van der Waals surface area contributed by atoms with E-state index in [1.165, 1.54) is 5.69 Å². The Kier molecular flexibility index (Phi) is 6.52. The minimum atomic E-state index is -0.0862. The third-order valence-electron chi connectivity index (χ3n) is 3.94. The molecule has 6 heteroatoms. The smallest absolute Gasteiger partial charge is 0.315 e. The molecule has 0 spiro atoms. The van der Waals surface area contributed by atoms with Gasteiger partial charge in [-0.05, 0) is 38.1 Å². The second kappa shape index (κ2) is 8.62. The van der Waals surface area contributed by atoms with Crippen molar-refractivity contribution < 1.29 is 9.53 Å². The van der Waals surface area contributed by atoms with Gasteiger partial charge in [0.15, 0.2) is 0 Å². The molecule has 1 fully saturated rings. The summed E-state index contributed by atoms with van der Waals surface area (Å²) in [5.41, 5.74) is 1.24. The zero-order valence-corrected chi connectivity index (χ0v) is 14.3. The summed E-state index contributed by atoms with van der Waals surface area (Å²) in [6, 6.07) is 8.29. The van der Waals surface area contributed by atoms with Crippen LogP contribution in [-0.4, -0.2) is 63.4 Å². The Morgan fingerprint density at radius 1 is 1.17 bits per heavy atom. The average Bonchev–Trinajstić information content (AvgIpc) is 2.55. The van der Waals surface area contributed by atoms with Crippen LogP contribution in [0.15, 0.2) is 24.3 Å². The maximum Gasteiger partial charge on any atom is 0.315 e. The van der Waals surface area contributed by atoms with Gasteiger partial charge in [-0.15, -0.1) is 0 Å². The average molecular weight is 320 g/mol. The standard InChI is InChI=1S/C17H28N4O2/c1-14(2)19-17(22)18-8-9-20-10-12-21(13-11-20)15-4-6-16(23-3)7-5-15/h4-7,14H,8-13H2,1-3H3,(H2,18,19,22). The fourth-order valence-corrected chi connectivity index (χ4v) is 2.66.